The van der Waals surface area contributed by atoms with Gasteiger partial charge < -0.3 is 23.8 Å². The Morgan fingerprint density at radius 3 is 2.39 bits per heavy atom. The lowest BCUT2D eigenvalue weighted by molar-refractivity contribution is 0.0597. The van der Waals surface area contributed by atoms with Crippen LogP contribution < -0.4 is 14.2 Å². The minimum absolute atomic E-state index is 0.0634. The standard InChI is InChI=1S/C18H20ClN3O6/c1-11(22-27-9-8-19)12-6-5-7-13(16(12)17(23)26-4)28-18-20-14(24-2)10-15(21-18)25-3/h5-7,10H,8-9H2,1-4H3/b22-11+. The van der Waals surface area contributed by atoms with Crippen LogP contribution >= 0.6 is 11.6 Å². The van der Waals surface area contributed by atoms with Gasteiger partial charge in [0.05, 0.1) is 39.0 Å². The summed E-state index contributed by atoms with van der Waals surface area (Å²) in [5.74, 6) is 0.326. The van der Waals surface area contributed by atoms with Crippen molar-refractivity contribution in [3.63, 3.8) is 0 Å². The van der Waals surface area contributed by atoms with Crippen molar-refractivity contribution >= 4 is 23.3 Å². The number of halogens is 1. The van der Waals surface area contributed by atoms with Gasteiger partial charge in [0.2, 0.25) is 11.8 Å². The quantitative estimate of drug-likeness (QED) is 0.205. The number of alkyl halides is 1. The summed E-state index contributed by atoms with van der Waals surface area (Å²) < 4.78 is 20.8. The Balaban J connectivity index is 2.48. The van der Waals surface area contributed by atoms with E-state index in [-0.39, 0.29) is 35.7 Å². The van der Waals surface area contributed by atoms with Crippen LogP contribution in [-0.4, -0.2) is 55.5 Å². The molecule has 0 amide bonds. The summed E-state index contributed by atoms with van der Waals surface area (Å²) in [6, 6.07) is 6.39. The zero-order valence-electron chi connectivity index (χ0n) is 15.9. The third-order valence-electron chi connectivity index (χ3n) is 3.45. The molecule has 0 radical (unpaired) electrons. The summed E-state index contributed by atoms with van der Waals surface area (Å²) in [6.45, 7) is 1.92. The Kier molecular flexibility index (Phi) is 7.82. The number of rotatable bonds is 9. The van der Waals surface area contributed by atoms with Gasteiger partial charge in [0.15, 0.2) is 0 Å². The lowest BCUT2D eigenvalue weighted by Gasteiger charge is -2.13. The van der Waals surface area contributed by atoms with Gasteiger partial charge in [0.25, 0.3) is 0 Å². The van der Waals surface area contributed by atoms with Crippen LogP contribution in [-0.2, 0) is 9.57 Å². The van der Waals surface area contributed by atoms with Gasteiger partial charge in [0, 0.05) is 5.56 Å². The van der Waals surface area contributed by atoms with Crippen LogP contribution in [0.5, 0.6) is 23.5 Å². The van der Waals surface area contributed by atoms with Crippen molar-refractivity contribution in [2.45, 2.75) is 6.92 Å². The lowest BCUT2D eigenvalue weighted by Crippen LogP contribution is -2.12. The van der Waals surface area contributed by atoms with Crippen molar-refractivity contribution < 1.29 is 28.6 Å². The second-order valence-electron chi connectivity index (χ2n) is 5.21. The molecule has 0 saturated heterocycles. The van der Waals surface area contributed by atoms with Gasteiger partial charge in [-0.3, -0.25) is 0 Å². The molecule has 0 atom stereocenters. The summed E-state index contributed by atoms with van der Waals surface area (Å²) in [5.41, 5.74) is 1.06. The Labute approximate surface area is 167 Å². The highest BCUT2D eigenvalue weighted by molar-refractivity contribution is 6.18. The molecule has 0 N–H and O–H groups in total. The number of carbonyl (C=O) groups is 1. The summed E-state index contributed by atoms with van der Waals surface area (Å²) in [6.07, 6.45) is 0. The fourth-order valence-electron chi connectivity index (χ4n) is 2.19. The predicted molar refractivity (Wildman–Crippen MR) is 102 cm³/mol. The van der Waals surface area contributed by atoms with E-state index in [1.54, 1.807) is 25.1 Å². The van der Waals surface area contributed by atoms with Gasteiger partial charge in [-0.2, -0.15) is 9.97 Å². The molecule has 2 rings (SSSR count). The highest BCUT2D eigenvalue weighted by Crippen LogP contribution is 2.29. The van der Waals surface area contributed by atoms with Gasteiger partial charge in [-0.25, -0.2) is 4.79 Å². The molecule has 1 heterocycles. The molecule has 0 spiro atoms. The largest absolute Gasteiger partial charge is 0.481 e. The minimum Gasteiger partial charge on any atom is -0.481 e. The number of esters is 1. The van der Waals surface area contributed by atoms with E-state index in [1.807, 2.05) is 0 Å². The highest BCUT2D eigenvalue weighted by atomic mass is 35.5. The van der Waals surface area contributed by atoms with E-state index in [2.05, 4.69) is 15.1 Å². The SMILES string of the molecule is COC(=O)c1c(Oc2nc(OC)cc(OC)n2)cccc1/C(C)=N/OCCCl. The monoisotopic (exact) mass is 409 g/mol. The lowest BCUT2D eigenvalue weighted by atomic mass is 10.0. The second-order valence-corrected chi connectivity index (χ2v) is 5.58. The fourth-order valence-corrected chi connectivity index (χ4v) is 2.26. The molecule has 0 aliphatic rings. The first kappa shape index (κ1) is 21.2. The molecular formula is C18H20ClN3O6. The smallest absolute Gasteiger partial charge is 0.342 e. The van der Waals surface area contributed by atoms with E-state index in [1.165, 1.54) is 27.4 Å². The first-order valence-corrected chi connectivity index (χ1v) is 8.66. The Bertz CT molecular complexity index is 837. The van der Waals surface area contributed by atoms with Crippen LogP contribution in [0.2, 0.25) is 0 Å². The van der Waals surface area contributed by atoms with Gasteiger partial charge in [-0.15, -0.1) is 11.6 Å². The molecule has 9 nitrogen and oxygen atoms in total. The number of hydrogen-bond acceptors (Lipinski definition) is 9. The summed E-state index contributed by atoms with van der Waals surface area (Å²) >= 11 is 5.58. The van der Waals surface area contributed by atoms with E-state index in [4.69, 9.17) is 35.4 Å². The molecule has 0 unspecified atom stereocenters. The van der Waals surface area contributed by atoms with Gasteiger partial charge in [-0.05, 0) is 13.0 Å². The number of benzene rings is 1. The van der Waals surface area contributed by atoms with E-state index < -0.39 is 5.97 Å². The third kappa shape index (κ3) is 5.23. The van der Waals surface area contributed by atoms with Crippen molar-refractivity contribution in [2.24, 2.45) is 5.16 Å². The van der Waals surface area contributed by atoms with Crippen molar-refractivity contribution in [1.29, 1.82) is 0 Å². The summed E-state index contributed by atoms with van der Waals surface area (Å²) in [7, 11) is 4.17. The molecule has 10 heteroatoms. The van der Waals surface area contributed by atoms with Gasteiger partial charge in [-0.1, -0.05) is 17.3 Å². The summed E-state index contributed by atoms with van der Waals surface area (Å²) in [5, 5.41) is 3.96. The average molecular weight is 410 g/mol. The molecule has 0 saturated carbocycles. The molecule has 1 aromatic heterocycles. The van der Waals surface area contributed by atoms with Crippen LogP contribution in [0.1, 0.15) is 22.8 Å². The molecule has 150 valence electrons. The normalized spacial score (nSPS) is 11.0. The number of aromatic nitrogens is 2. The predicted octanol–water partition coefficient (Wildman–Crippen LogP) is 3.05. The average Bonchev–Trinajstić information content (AvgIpc) is 2.72. The first-order chi connectivity index (χ1) is 13.5. The number of nitrogens with zero attached hydrogens (tertiary/aromatic N) is 3. The van der Waals surface area contributed by atoms with Crippen molar-refractivity contribution in [3.05, 3.63) is 35.4 Å². The van der Waals surface area contributed by atoms with E-state index in [0.29, 0.717) is 17.2 Å². The van der Waals surface area contributed by atoms with Crippen LogP contribution in [0.25, 0.3) is 0 Å². The number of ether oxygens (including phenoxy) is 4. The topological polar surface area (TPSA) is 101 Å². The summed E-state index contributed by atoms with van der Waals surface area (Å²) in [4.78, 5) is 25.7. The van der Waals surface area contributed by atoms with E-state index in [9.17, 15) is 4.79 Å². The van der Waals surface area contributed by atoms with E-state index in [0.717, 1.165) is 0 Å². The minimum atomic E-state index is -0.618. The zero-order chi connectivity index (χ0) is 20.5. The number of methoxy groups -OCH3 is 3. The molecule has 1 aromatic carbocycles. The number of oxime groups is 1. The zero-order valence-corrected chi connectivity index (χ0v) is 16.6. The van der Waals surface area contributed by atoms with Crippen LogP contribution in [0, 0.1) is 0 Å². The Hall–Kier alpha value is -3.07. The Morgan fingerprint density at radius 1 is 1.14 bits per heavy atom. The molecule has 0 aliphatic heterocycles. The maximum Gasteiger partial charge on any atom is 0.342 e. The van der Waals surface area contributed by atoms with Crippen molar-refractivity contribution in [2.75, 3.05) is 33.8 Å². The molecule has 0 bridgehead atoms. The molecular weight excluding hydrogens is 390 g/mol. The van der Waals surface area contributed by atoms with E-state index >= 15 is 0 Å². The van der Waals surface area contributed by atoms with Crippen molar-refractivity contribution in [1.82, 2.24) is 9.97 Å². The van der Waals surface area contributed by atoms with Gasteiger partial charge >= 0.3 is 12.0 Å². The molecule has 2 aromatic rings. The highest BCUT2D eigenvalue weighted by Gasteiger charge is 2.22. The molecule has 0 aliphatic carbocycles. The van der Waals surface area contributed by atoms with Gasteiger partial charge in [0.1, 0.15) is 17.9 Å². The number of carbonyl (C=O) groups excluding carboxylic acids is 1. The fraction of sp³-hybridized carbons (Fsp3) is 0.333. The maximum absolute atomic E-state index is 12.4. The maximum atomic E-state index is 12.4. The van der Waals surface area contributed by atoms with Crippen LogP contribution in [0.3, 0.4) is 0 Å². The van der Waals surface area contributed by atoms with Crippen LogP contribution in [0.4, 0.5) is 0 Å². The van der Waals surface area contributed by atoms with Crippen molar-refractivity contribution in [3.8, 4) is 23.5 Å². The first-order valence-electron chi connectivity index (χ1n) is 8.13. The third-order valence-corrected chi connectivity index (χ3v) is 3.61. The Morgan fingerprint density at radius 2 is 1.82 bits per heavy atom. The van der Waals surface area contributed by atoms with Crippen LogP contribution in [0.15, 0.2) is 29.4 Å². The number of hydrogen-bond donors (Lipinski definition) is 0. The molecule has 0 fully saturated rings. The second kappa shape index (κ2) is 10.3. The molecule has 28 heavy (non-hydrogen) atoms.